The lowest BCUT2D eigenvalue weighted by atomic mass is 10.1. The number of nitrogens with zero attached hydrogens (tertiary/aromatic N) is 2. The van der Waals surface area contributed by atoms with Crippen LogP contribution in [0.3, 0.4) is 0 Å². The van der Waals surface area contributed by atoms with Crippen molar-refractivity contribution in [2.24, 2.45) is 5.73 Å². The van der Waals surface area contributed by atoms with Gasteiger partial charge in [-0.15, -0.1) is 0 Å². The van der Waals surface area contributed by atoms with Crippen LogP contribution in [-0.2, 0) is 13.0 Å². The van der Waals surface area contributed by atoms with E-state index in [9.17, 15) is 0 Å². The Labute approximate surface area is 120 Å². The monoisotopic (exact) mass is 271 g/mol. The Bertz CT molecular complexity index is 623. The van der Waals surface area contributed by atoms with Crippen molar-refractivity contribution >= 4 is 0 Å². The number of hydrogen-bond donors (Lipinski definition) is 1. The average molecular weight is 271 g/mol. The Hall–Kier alpha value is -1.94. The molecule has 0 radical (unpaired) electrons. The summed E-state index contributed by atoms with van der Waals surface area (Å²) in [6, 6.07) is 5.91. The Morgan fingerprint density at radius 2 is 1.85 bits per heavy atom. The topological polar surface area (TPSA) is 61.0 Å². The predicted molar refractivity (Wildman–Crippen MR) is 80.0 cm³/mol. The number of aryl methyl sites for hydroxylation is 4. The molecule has 2 heterocycles. The second kappa shape index (κ2) is 6.01. The first-order chi connectivity index (χ1) is 9.55. The van der Waals surface area contributed by atoms with E-state index in [-0.39, 0.29) is 0 Å². The van der Waals surface area contributed by atoms with Crippen molar-refractivity contribution < 1.29 is 4.74 Å². The van der Waals surface area contributed by atoms with Crippen molar-refractivity contribution in [2.75, 3.05) is 0 Å². The quantitative estimate of drug-likeness (QED) is 0.927. The molecule has 0 fully saturated rings. The first-order valence-corrected chi connectivity index (χ1v) is 6.86. The molecule has 0 bridgehead atoms. The zero-order valence-electron chi connectivity index (χ0n) is 12.5. The Kier molecular flexibility index (Phi) is 4.35. The normalized spacial score (nSPS) is 10.7. The standard InChI is InChI=1S/C16H21N3O/c1-5-14-15(7-6-11(3)18-14)20-16-13(9-17)10(2)8-12(4)19-16/h6-8H,5,9,17H2,1-4H3. The molecule has 2 aromatic heterocycles. The smallest absolute Gasteiger partial charge is 0.224 e. The van der Waals surface area contributed by atoms with Gasteiger partial charge in [-0.3, -0.25) is 4.98 Å². The molecule has 0 saturated carbocycles. The van der Waals surface area contributed by atoms with Crippen LogP contribution in [0, 0.1) is 20.8 Å². The van der Waals surface area contributed by atoms with Crippen LogP contribution in [0.5, 0.6) is 11.6 Å². The number of aromatic nitrogens is 2. The summed E-state index contributed by atoms with van der Waals surface area (Å²) in [6.45, 7) is 8.43. The van der Waals surface area contributed by atoms with Gasteiger partial charge in [0.2, 0.25) is 5.88 Å². The lowest BCUT2D eigenvalue weighted by molar-refractivity contribution is 0.446. The zero-order chi connectivity index (χ0) is 14.7. The zero-order valence-corrected chi connectivity index (χ0v) is 12.5. The summed E-state index contributed by atoms with van der Waals surface area (Å²) in [4.78, 5) is 8.97. The summed E-state index contributed by atoms with van der Waals surface area (Å²) in [7, 11) is 0. The molecule has 0 aliphatic rings. The van der Waals surface area contributed by atoms with Crippen LogP contribution in [0.25, 0.3) is 0 Å². The maximum Gasteiger partial charge on any atom is 0.224 e. The Balaban J connectivity index is 2.44. The van der Waals surface area contributed by atoms with E-state index in [1.165, 1.54) is 0 Å². The first kappa shape index (κ1) is 14.5. The summed E-state index contributed by atoms with van der Waals surface area (Å²) in [5.74, 6) is 1.34. The highest BCUT2D eigenvalue weighted by Gasteiger charge is 2.12. The molecule has 0 spiro atoms. The summed E-state index contributed by atoms with van der Waals surface area (Å²) < 4.78 is 5.99. The summed E-state index contributed by atoms with van der Waals surface area (Å²) in [6.07, 6.45) is 0.819. The molecule has 4 nitrogen and oxygen atoms in total. The van der Waals surface area contributed by atoms with Crippen molar-refractivity contribution in [3.63, 3.8) is 0 Å². The van der Waals surface area contributed by atoms with Crippen LogP contribution in [0.1, 0.15) is 35.1 Å². The van der Waals surface area contributed by atoms with Gasteiger partial charge in [-0.2, -0.15) is 0 Å². The van der Waals surface area contributed by atoms with Gasteiger partial charge in [0.05, 0.1) is 5.69 Å². The SMILES string of the molecule is CCc1nc(C)ccc1Oc1nc(C)cc(C)c1CN. The average Bonchev–Trinajstić information content (AvgIpc) is 2.40. The molecule has 106 valence electrons. The molecule has 0 amide bonds. The van der Waals surface area contributed by atoms with E-state index in [0.29, 0.717) is 12.4 Å². The van der Waals surface area contributed by atoms with Crippen LogP contribution < -0.4 is 10.5 Å². The molecule has 4 heteroatoms. The van der Waals surface area contributed by atoms with E-state index in [2.05, 4.69) is 16.9 Å². The Morgan fingerprint density at radius 3 is 2.50 bits per heavy atom. The maximum absolute atomic E-state index is 5.99. The molecule has 0 aliphatic carbocycles. The lowest BCUT2D eigenvalue weighted by Crippen LogP contribution is -2.06. The molecule has 0 aromatic carbocycles. The molecule has 2 N–H and O–H groups in total. The van der Waals surface area contributed by atoms with Crippen LogP contribution in [0.4, 0.5) is 0 Å². The van der Waals surface area contributed by atoms with Gasteiger partial charge in [0.1, 0.15) is 0 Å². The molecular formula is C16H21N3O. The predicted octanol–water partition coefficient (Wildman–Crippen LogP) is 3.22. The highest BCUT2D eigenvalue weighted by molar-refractivity contribution is 5.40. The first-order valence-electron chi connectivity index (χ1n) is 6.86. The van der Waals surface area contributed by atoms with Gasteiger partial charge in [-0.05, 0) is 51.0 Å². The van der Waals surface area contributed by atoms with Gasteiger partial charge >= 0.3 is 0 Å². The maximum atomic E-state index is 5.99. The third-order valence-corrected chi connectivity index (χ3v) is 3.25. The summed E-state index contributed by atoms with van der Waals surface area (Å²) in [5.41, 5.74) is 10.7. The van der Waals surface area contributed by atoms with Gasteiger partial charge in [0.25, 0.3) is 0 Å². The molecule has 20 heavy (non-hydrogen) atoms. The summed E-state index contributed by atoms with van der Waals surface area (Å²) >= 11 is 0. The lowest BCUT2D eigenvalue weighted by Gasteiger charge is -2.14. The molecule has 2 aromatic rings. The molecule has 0 aliphatic heterocycles. The van der Waals surface area contributed by atoms with E-state index in [1.54, 1.807) is 0 Å². The van der Waals surface area contributed by atoms with Crippen molar-refractivity contribution in [1.82, 2.24) is 9.97 Å². The van der Waals surface area contributed by atoms with Crippen LogP contribution in [0.2, 0.25) is 0 Å². The number of hydrogen-bond acceptors (Lipinski definition) is 4. The number of ether oxygens (including phenoxy) is 1. The molecule has 0 saturated heterocycles. The second-order valence-electron chi connectivity index (χ2n) is 4.92. The van der Waals surface area contributed by atoms with Gasteiger partial charge in [-0.1, -0.05) is 6.92 Å². The minimum atomic E-state index is 0.412. The number of nitrogens with two attached hydrogens (primary N) is 1. The van der Waals surface area contributed by atoms with Crippen LogP contribution in [-0.4, -0.2) is 9.97 Å². The van der Waals surface area contributed by atoms with Gasteiger partial charge in [0.15, 0.2) is 5.75 Å². The third kappa shape index (κ3) is 2.96. The summed E-state index contributed by atoms with van der Waals surface area (Å²) in [5, 5.41) is 0. The molecule has 0 atom stereocenters. The fourth-order valence-electron chi connectivity index (χ4n) is 2.21. The third-order valence-electron chi connectivity index (χ3n) is 3.25. The van der Waals surface area contributed by atoms with E-state index >= 15 is 0 Å². The highest BCUT2D eigenvalue weighted by atomic mass is 16.5. The van der Waals surface area contributed by atoms with Crippen molar-refractivity contribution in [3.05, 3.63) is 46.4 Å². The molecular weight excluding hydrogens is 250 g/mol. The van der Waals surface area contributed by atoms with E-state index in [1.807, 2.05) is 39.0 Å². The molecule has 0 unspecified atom stereocenters. The van der Waals surface area contributed by atoms with E-state index in [0.717, 1.165) is 40.4 Å². The second-order valence-corrected chi connectivity index (χ2v) is 4.92. The number of rotatable bonds is 4. The molecule has 2 rings (SSSR count). The largest absolute Gasteiger partial charge is 0.437 e. The van der Waals surface area contributed by atoms with Crippen LogP contribution in [0.15, 0.2) is 18.2 Å². The Morgan fingerprint density at radius 1 is 1.10 bits per heavy atom. The minimum absolute atomic E-state index is 0.412. The minimum Gasteiger partial charge on any atom is -0.437 e. The van der Waals surface area contributed by atoms with Crippen molar-refractivity contribution in [2.45, 2.75) is 40.7 Å². The van der Waals surface area contributed by atoms with Gasteiger partial charge < -0.3 is 10.5 Å². The van der Waals surface area contributed by atoms with Crippen molar-refractivity contribution in [3.8, 4) is 11.6 Å². The van der Waals surface area contributed by atoms with E-state index in [4.69, 9.17) is 10.5 Å². The fraction of sp³-hybridized carbons (Fsp3) is 0.375. The fourth-order valence-corrected chi connectivity index (χ4v) is 2.21. The van der Waals surface area contributed by atoms with E-state index < -0.39 is 0 Å². The van der Waals surface area contributed by atoms with Crippen LogP contribution >= 0.6 is 0 Å². The number of pyridine rings is 2. The van der Waals surface area contributed by atoms with Crippen molar-refractivity contribution in [1.29, 1.82) is 0 Å². The highest BCUT2D eigenvalue weighted by Crippen LogP contribution is 2.28. The van der Waals surface area contributed by atoms with Gasteiger partial charge in [-0.25, -0.2) is 4.98 Å². The van der Waals surface area contributed by atoms with Gasteiger partial charge in [0, 0.05) is 23.5 Å².